The van der Waals surface area contributed by atoms with Crippen molar-refractivity contribution in [1.82, 2.24) is 10.3 Å². The van der Waals surface area contributed by atoms with Gasteiger partial charge in [0.2, 0.25) is 0 Å². The first kappa shape index (κ1) is 15.7. The van der Waals surface area contributed by atoms with E-state index in [1.54, 1.807) is 18.3 Å². The van der Waals surface area contributed by atoms with E-state index in [1.165, 1.54) is 0 Å². The molecular weight excluding hydrogens is 334 g/mol. The summed E-state index contributed by atoms with van der Waals surface area (Å²) in [7, 11) is 0. The quantitative estimate of drug-likeness (QED) is 0.699. The molecule has 5 nitrogen and oxygen atoms in total. The number of phenolic OH excluding ortho intramolecular Hbond substituents is 1. The van der Waals surface area contributed by atoms with Crippen LogP contribution in [0.2, 0.25) is 0 Å². The minimum Gasteiger partial charge on any atom is -0.506 e. The average molecular weight is 351 g/mol. The molecule has 0 spiro atoms. The van der Waals surface area contributed by atoms with Gasteiger partial charge >= 0.3 is 0 Å². The average Bonchev–Trinajstić information content (AvgIpc) is 3.19. The third-order valence-electron chi connectivity index (χ3n) is 4.29. The number of benzene rings is 1. The van der Waals surface area contributed by atoms with Crippen LogP contribution in [0.5, 0.6) is 5.75 Å². The van der Waals surface area contributed by atoms with Crippen molar-refractivity contribution in [3.63, 3.8) is 0 Å². The molecule has 1 aliphatic heterocycles. The third-order valence-corrected chi connectivity index (χ3v) is 4.61. The molecule has 1 aromatic carbocycles. The van der Waals surface area contributed by atoms with Crippen LogP contribution in [0.1, 0.15) is 29.3 Å². The standard InChI is InChI=1S/C19H17N3O2S/c1-12-9-10-16(24-12)18-17(13-6-4-5-11-20-13)21-19(25)22(18)14-7-2-3-8-15(14)23/h2-11,17-18,23H,1H3,(H,21,25)/t17-,18-/m1/s1. The molecule has 2 atom stereocenters. The normalized spacial score (nSPS) is 19.9. The summed E-state index contributed by atoms with van der Waals surface area (Å²) in [5.41, 5.74) is 1.50. The molecule has 1 aliphatic rings. The van der Waals surface area contributed by atoms with Gasteiger partial charge in [0.1, 0.15) is 23.3 Å². The lowest BCUT2D eigenvalue weighted by Gasteiger charge is -2.26. The monoisotopic (exact) mass is 351 g/mol. The predicted octanol–water partition coefficient (Wildman–Crippen LogP) is 3.87. The summed E-state index contributed by atoms with van der Waals surface area (Å²) in [5.74, 6) is 1.76. The number of hydrogen-bond acceptors (Lipinski definition) is 4. The lowest BCUT2D eigenvalue weighted by molar-refractivity contribution is 0.415. The number of pyridine rings is 1. The summed E-state index contributed by atoms with van der Waals surface area (Å²) in [6, 6.07) is 16.4. The van der Waals surface area contributed by atoms with E-state index in [0.717, 1.165) is 17.2 Å². The molecule has 0 bridgehead atoms. The van der Waals surface area contributed by atoms with Crippen molar-refractivity contribution >= 4 is 23.0 Å². The van der Waals surface area contributed by atoms with Crippen molar-refractivity contribution < 1.29 is 9.52 Å². The first-order chi connectivity index (χ1) is 12.1. The smallest absolute Gasteiger partial charge is 0.174 e. The zero-order chi connectivity index (χ0) is 17.4. The maximum atomic E-state index is 10.3. The van der Waals surface area contributed by atoms with Crippen LogP contribution in [0.4, 0.5) is 5.69 Å². The molecule has 4 rings (SSSR count). The summed E-state index contributed by atoms with van der Waals surface area (Å²) in [4.78, 5) is 6.37. The van der Waals surface area contributed by atoms with Crippen molar-refractivity contribution in [3.05, 3.63) is 78.0 Å². The van der Waals surface area contributed by atoms with Crippen molar-refractivity contribution in [2.24, 2.45) is 0 Å². The first-order valence-electron chi connectivity index (χ1n) is 8.00. The second-order valence-corrected chi connectivity index (χ2v) is 6.32. The van der Waals surface area contributed by atoms with E-state index < -0.39 is 0 Å². The molecule has 3 heterocycles. The molecule has 2 aromatic heterocycles. The van der Waals surface area contributed by atoms with Gasteiger partial charge in [-0.2, -0.15) is 0 Å². The zero-order valence-electron chi connectivity index (χ0n) is 13.6. The lowest BCUT2D eigenvalue weighted by atomic mass is 10.0. The number of thiocarbonyl (C=S) groups is 1. The molecule has 0 aliphatic carbocycles. The number of hydrogen-bond donors (Lipinski definition) is 2. The van der Waals surface area contributed by atoms with Gasteiger partial charge in [-0.05, 0) is 55.5 Å². The molecular formula is C19H17N3O2S. The Kier molecular flexibility index (Phi) is 3.89. The van der Waals surface area contributed by atoms with Crippen LogP contribution in [0, 0.1) is 6.92 Å². The van der Waals surface area contributed by atoms with E-state index in [4.69, 9.17) is 16.6 Å². The van der Waals surface area contributed by atoms with E-state index >= 15 is 0 Å². The van der Waals surface area contributed by atoms with Crippen LogP contribution in [0.25, 0.3) is 0 Å². The third kappa shape index (κ3) is 2.74. The van der Waals surface area contributed by atoms with Crippen LogP contribution >= 0.6 is 12.2 Å². The van der Waals surface area contributed by atoms with Gasteiger partial charge in [0, 0.05) is 6.20 Å². The fourth-order valence-corrected chi connectivity index (χ4v) is 3.52. The number of aromatic hydroxyl groups is 1. The minimum atomic E-state index is -0.246. The second-order valence-electron chi connectivity index (χ2n) is 5.93. The van der Waals surface area contributed by atoms with E-state index in [9.17, 15) is 5.11 Å². The van der Waals surface area contributed by atoms with Crippen LogP contribution < -0.4 is 10.2 Å². The molecule has 1 fully saturated rings. The van der Waals surface area contributed by atoms with Gasteiger partial charge in [-0.3, -0.25) is 4.98 Å². The summed E-state index contributed by atoms with van der Waals surface area (Å²) >= 11 is 5.58. The van der Waals surface area contributed by atoms with Crippen LogP contribution in [-0.4, -0.2) is 15.2 Å². The number of anilines is 1. The molecule has 2 N–H and O–H groups in total. The van der Waals surface area contributed by atoms with Gasteiger partial charge in [0.25, 0.3) is 0 Å². The molecule has 3 aromatic rings. The van der Waals surface area contributed by atoms with Gasteiger partial charge in [0.05, 0.1) is 17.4 Å². The maximum absolute atomic E-state index is 10.3. The number of para-hydroxylation sites is 2. The van der Waals surface area contributed by atoms with E-state index in [1.807, 2.05) is 54.3 Å². The predicted molar refractivity (Wildman–Crippen MR) is 99.5 cm³/mol. The van der Waals surface area contributed by atoms with Crippen LogP contribution in [0.3, 0.4) is 0 Å². The van der Waals surface area contributed by atoms with Crippen molar-refractivity contribution in [2.45, 2.75) is 19.0 Å². The molecule has 1 saturated heterocycles. The van der Waals surface area contributed by atoms with Gasteiger partial charge in [0.15, 0.2) is 5.11 Å². The largest absolute Gasteiger partial charge is 0.506 e. The maximum Gasteiger partial charge on any atom is 0.174 e. The van der Waals surface area contributed by atoms with E-state index in [0.29, 0.717) is 10.8 Å². The number of aromatic nitrogens is 1. The summed E-state index contributed by atoms with van der Waals surface area (Å²) in [6.45, 7) is 1.91. The van der Waals surface area contributed by atoms with Gasteiger partial charge in [-0.15, -0.1) is 0 Å². The highest BCUT2D eigenvalue weighted by molar-refractivity contribution is 7.80. The number of rotatable bonds is 3. The van der Waals surface area contributed by atoms with Crippen LogP contribution in [-0.2, 0) is 0 Å². The van der Waals surface area contributed by atoms with Crippen molar-refractivity contribution in [2.75, 3.05) is 4.90 Å². The molecule has 25 heavy (non-hydrogen) atoms. The summed E-state index contributed by atoms with van der Waals surface area (Å²) < 4.78 is 5.91. The minimum absolute atomic E-state index is 0.168. The molecule has 0 saturated carbocycles. The molecule has 6 heteroatoms. The first-order valence-corrected chi connectivity index (χ1v) is 8.41. The second kappa shape index (κ2) is 6.22. The Morgan fingerprint density at radius 3 is 2.60 bits per heavy atom. The summed E-state index contributed by atoms with van der Waals surface area (Å²) in [5, 5.41) is 14.2. The number of nitrogens with one attached hydrogen (secondary N) is 1. The fourth-order valence-electron chi connectivity index (χ4n) is 3.18. The van der Waals surface area contributed by atoms with Gasteiger partial charge in [-0.1, -0.05) is 18.2 Å². The Bertz CT molecular complexity index is 910. The molecule has 0 radical (unpaired) electrons. The van der Waals surface area contributed by atoms with Crippen molar-refractivity contribution in [1.29, 1.82) is 0 Å². The van der Waals surface area contributed by atoms with E-state index in [-0.39, 0.29) is 17.8 Å². The van der Waals surface area contributed by atoms with Gasteiger partial charge in [-0.25, -0.2) is 0 Å². The number of furan rings is 1. The summed E-state index contributed by atoms with van der Waals surface area (Å²) in [6.07, 6.45) is 1.76. The highest BCUT2D eigenvalue weighted by atomic mass is 32.1. The van der Waals surface area contributed by atoms with Crippen molar-refractivity contribution in [3.8, 4) is 5.75 Å². The number of phenols is 1. The Morgan fingerprint density at radius 2 is 1.92 bits per heavy atom. The SMILES string of the molecule is Cc1ccc([C@@H]2[C@@H](c3ccccn3)NC(=S)N2c2ccccc2O)o1. The zero-order valence-corrected chi connectivity index (χ0v) is 14.4. The fraction of sp³-hybridized carbons (Fsp3) is 0.158. The highest BCUT2D eigenvalue weighted by Gasteiger charge is 2.43. The van der Waals surface area contributed by atoms with E-state index in [2.05, 4.69) is 10.3 Å². The Balaban J connectivity index is 1.85. The topological polar surface area (TPSA) is 61.5 Å². The Morgan fingerprint density at radius 1 is 1.12 bits per heavy atom. The molecule has 0 amide bonds. The molecule has 0 unspecified atom stereocenters. The van der Waals surface area contributed by atoms with Crippen LogP contribution in [0.15, 0.2) is 65.2 Å². The Hall–Kier alpha value is -2.86. The molecule has 126 valence electrons. The Labute approximate surface area is 150 Å². The van der Waals surface area contributed by atoms with Gasteiger partial charge < -0.3 is 19.7 Å². The number of nitrogens with zero attached hydrogens (tertiary/aromatic N) is 2. The lowest BCUT2D eigenvalue weighted by Crippen LogP contribution is -2.29. The highest BCUT2D eigenvalue weighted by Crippen LogP contribution is 2.44. The number of aryl methyl sites for hydroxylation is 1.